The summed E-state index contributed by atoms with van der Waals surface area (Å²) in [5.41, 5.74) is 10.6. The number of hydrogen-bond donors (Lipinski definition) is 6. The van der Waals surface area contributed by atoms with Crippen molar-refractivity contribution in [3.8, 4) is 0 Å². The van der Waals surface area contributed by atoms with Gasteiger partial charge in [-0.2, -0.15) is 0 Å². The van der Waals surface area contributed by atoms with Crippen LogP contribution in [0.2, 0.25) is 0 Å². The van der Waals surface area contributed by atoms with Gasteiger partial charge in [0.15, 0.2) is 17.5 Å². The summed E-state index contributed by atoms with van der Waals surface area (Å²) in [6.07, 6.45) is 0.567. The first kappa shape index (κ1) is 38.3. The molecule has 42 heavy (non-hydrogen) atoms. The van der Waals surface area contributed by atoms with Gasteiger partial charge >= 0.3 is 5.97 Å². The molecule has 0 aromatic heterocycles. The van der Waals surface area contributed by atoms with E-state index < -0.39 is 79.0 Å². The molecular weight excluding hydrogens is 550 g/mol. The van der Waals surface area contributed by atoms with E-state index in [1.54, 1.807) is 0 Å². The van der Waals surface area contributed by atoms with E-state index in [0.29, 0.717) is 18.8 Å². The normalized spacial score (nSPS) is 13.0. The molecule has 0 radical (unpaired) electrons. The maximum absolute atomic E-state index is 12.9. The highest BCUT2D eigenvalue weighted by molar-refractivity contribution is 5.96. The Hall–Kier alpha value is -3.68. The van der Waals surface area contributed by atoms with E-state index in [1.165, 1.54) is 6.92 Å². The van der Waals surface area contributed by atoms with Gasteiger partial charge in [-0.25, -0.2) is 0 Å². The van der Waals surface area contributed by atoms with Crippen molar-refractivity contribution in [1.29, 1.82) is 0 Å². The quantitative estimate of drug-likeness (QED) is 0.0497. The summed E-state index contributed by atoms with van der Waals surface area (Å²) in [6.45, 7) is 4.90. The fourth-order valence-corrected chi connectivity index (χ4v) is 3.99. The number of carbonyl (C=O) groups excluding carboxylic acids is 6. The number of amides is 2. The fraction of sp³-hybridized carbons (Fsp3) is 0.714. The molecule has 14 nitrogen and oxygen atoms in total. The largest absolute Gasteiger partial charge is 0.481 e. The Labute approximate surface area is 246 Å². The smallest absolute Gasteiger partial charge is 0.305 e. The highest BCUT2D eigenvalue weighted by Gasteiger charge is 2.28. The molecule has 0 saturated carbocycles. The first-order valence-corrected chi connectivity index (χ1v) is 14.2. The van der Waals surface area contributed by atoms with E-state index in [2.05, 4.69) is 29.5 Å². The summed E-state index contributed by atoms with van der Waals surface area (Å²) in [5.74, 6) is -5.04. The highest BCUT2D eigenvalue weighted by Crippen LogP contribution is 2.11. The highest BCUT2D eigenvalue weighted by atomic mass is 16.4. The molecule has 0 heterocycles. The second-order valence-corrected chi connectivity index (χ2v) is 10.7. The predicted octanol–water partition coefficient (Wildman–Crippen LogP) is 0.166. The van der Waals surface area contributed by atoms with Crippen molar-refractivity contribution in [2.45, 2.75) is 103 Å². The van der Waals surface area contributed by atoms with Crippen molar-refractivity contribution >= 4 is 46.9 Å². The molecule has 238 valence electrons. The van der Waals surface area contributed by atoms with Crippen LogP contribution in [-0.2, 0) is 33.6 Å². The van der Waals surface area contributed by atoms with E-state index in [4.69, 9.17) is 16.6 Å². The first-order valence-electron chi connectivity index (χ1n) is 14.2. The molecule has 0 spiro atoms. The minimum atomic E-state index is -1.45. The van der Waals surface area contributed by atoms with Crippen LogP contribution < -0.4 is 22.1 Å². The minimum absolute atomic E-state index is 0.0427. The Bertz CT molecular complexity index is 977. The van der Waals surface area contributed by atoms with Gasteiger partial charge in [0.1, 0.15) is 11.6 Å². The summed E-state index contributed by atoms with van der Waals surface area (Å²) < 4.78 is 0. The van der Waals surface area contributed by atoms with Gasteiger partial charge in [0, 0.05) is 51.0 Å². The van der Waals surface area contributed by atoms with Crippen molar-refractivity contribution in [1.82, 2.24) is 10.6 Å². The number of aliphatic imine (C=N–C) groups is 1. The summed E-state index contributed by atoms with van der Waals surface area (Å²) in [6, 6.07) is -2.43. The van der Waals surface area contributed by atoms with Crippen LogP contribution in [0.15, 0.2) is 4.99 Å². The number of aliphatic hydroxyl groups is 1. The van der Waals surface area contributed by atoms with Gasteiger partial charge in [-0.15, -0.1) is 0 Å². The number of aliphatic carboxylic acids is 1. The molecule has 0 bridgehead atoms. The molecule has 0 fully saturated rings. The van der Waals surface area contributed by atoms with Crippen molar-refractivity contribution in [2.24, 2.45) is 28.3 Å². The number of ketones is 4. The van der Waals surface area contributed by atoms with Crippen LogP contribution in [0.25, 0.3) is 0 Å². The molecule has 3 unspecified atom stereocenters. The summed E-state index contributed by atoms with van der Waals surface area (Å²) in [7, 11) is 0. The number of nitrogens with zero attached hydrogens (tertiary/aromatic N) is 1. The van der Waals surface area contributed by atoms with Crippen molar-refractivity contribution in [2.75, 3.05) is 13.2 Å². The predicted molar refractivity (Wildman–Crippen MR) is 154 cm³/mol. The van der Waals surface area contributed by atoms with Crippen LogP contribution in [0.1, 0.15) is 91.4 Å². The van der Waals surface area contributed by atoms with Crippen LogP contribution in [0.5, 0.6) is 0 Å². The van der Waals surface area contributed by atoms with Crippen LogP contribution >= 0.6 is 0 Å². The number of Topliss-reactive ketones (excluding diaryl/α,β-unsaturated/α-hetero) is 4. The molecule has 0 aromatic rings. The molecule has 0 aliphatic rings. The average molecular weight is 598 g/mol. The topological polar surface area (TPSA) is 248 Å². The second kappa shape index (κ2) is 21.1. The number of carboxylic acids is 1. The Morgan fingerprint density at radius 1 is 0.762 bits per heavy atom. The van der Waals surface area contributed by atoms with Crippen LogP contribution in [-0.4, -0.2) is 82.3 Å². The zero-order valence-electron chi connectivity index (χ0n) is 24.9. The van der Waals surface area contributed by atoms with E-state index in [9.17, 15) is 38.7 Å². The number of guanidine groups is 1. The zero-order chi connectivity index (χ0) is 32.2. The van der Waals surface area contributed by atoms with Gasteiger partial charge in [0.25, 0.3) is 0 Å². The molecule has 8 N–H and O–H groups in total. The molecule has 14 heteroatoms. The van der Waals surface area contributed by atoms with E-state index >= 15 is 0 Å². The third-order valence-electron chi connectivity index (χ3n) is 6.48. The van der Waals surface area contributed by atoms with Gasteiger partial charge < -0.3 is 32.3 Å². The number of nitrogens with two attached hydrogens (primary N) is 2. The average Bonchev–Trinajstić information content (AvgIpc) is 2.89. The molecular formula is C28H47N5O9. The van der Waals surface area contributed by atoms with Gasteiger partial charge in [0.05, 0.1) is 25.1 Å². The van der Waals surface area contributed by atoms with Gasteiger partial charge in [0.2, 0.25) is 11.8 Å². The Morgan fingerprint density at radius 3 is 1.88 bits per heavy atom. The Balaban J connectivity index is 5.17. The number of rotatable bonds is 24. The maximum Gasteiger partial charge on any atom is 0.305 e. The molecule has 0 aromatic carbocycles. The summed E-state index contributed by atoms with van der Waals surface area (Å²) in [4.78, 5) is 89.2. The molecule has 0 rings (SSSR count). The number of carbonyl (C=O) groups is 7. The van der Waals surface area contributed by atoms with Crippen molar-refractivity contribution in [3.63, 3.8) is 0 Å². The fourth-order valence-electron chi connectivity index (χ4n) is 3.99. The second-order valence-electron chi connectivity index (χ2n) is 10.7. The Morgan fingerprint density at radius 2 is 1.36 bits per heavy atom. The Kier molecular flexibility index (Phi) is 19.2. The first-order chi connectivity index (χ1) is 19.7. The monoisotopic (exact) mass is 597 g/mol. The molecule has 0 saturated heterocycles. The standard InChI is InChI=1S/C28H47N5O9/c1-17(2)6-4-7-20(36)9-11-25(39)32-21(8-5-13-31-28(29)30)23(37)10-12-26(40)33-22(15-27(41)42)24(38)14-19(16-34)18(3)35/h17,19,21-22,34H,4-16H2,1-3H3,(H,32,39)(H,33,40)(H,41,42)(H4,29,30,31). The maximum atomic E-state index is 12.9. The summed E-state index contributed by atoms with van der Waals surface area (Å²) >= 11 is 0. The van der Waals surface area contributed by atoms with Gasteiger partial charge in [-0.1, -0.05) is 20.3 Å². The molecule has 3 atom stereocenters. The van der Waals surface area contributed by atoms with E-state index in [0.717, 1.165) is 12.8 Å². The number of hydrogen-bond acceptors (Lipinski definition) is 9. The van der Waals surface area contributed by atoms with Gasteiger partial charge in [-0.05, 0) is 32.1 Å². The SMILES string of the molecule is CC(=O)C(CO)CC(=O)C(CC(=O)O)NC(=O)CCC(=O)C(CCCN=C(N)N)NC(=O)CCC(=O)CCCC(C)C. The van der Waals surface area contributed by atoms with Crippen LogP contribution in [0, 0.1) is 11.8 Å². The lowest BCUT2D eigenvalue weighted by Crippen LogP contribution is -2.44. The van der Waals surface area contributed by atoms with Crippen molar-refractivity contribution < 1.29 is 43.8 Å². The number of carboxylic acid groups (broad SMARTS) is 1. The third-order valence-corrected chi connectivity index (χ3v) is 6.48. The lowest BCUT2D eigenvalue weighted by Gasteiger charge is -2.19. The minimum Gasteiger partial charge on any atom is -0.481 e. The molecule has 0 aliphatic carbocycles. The van der Waals surface area contributed by atoms with Gasteiger partial charge in [-0.3, -0.25) is 38.6 Å². The summed E-state index contributed by atoms with van der Waals surface area (Å²) in [5, 5.41) is 23.3. The van der Waals surface area contributed by atoms with Crippen LogP contribution in [0.3, 0.4) is 0 Å². The van der Waals surface area contributed by atoms with E-state index in [1.807, 2.05) is 0 Å². The molecule has 2 amide bonds. The van der Waals surface area contributed by atoms with E-state index in [-0.39, 0.29) is 44.0 Å². The molecule has 0 aliphatic heterocycles. The van der Waals surface area contributed by atoms with Crippen molar-refractivity contribution in [3.05, 3.63) is 0 Å². The lowest BCUT2D eigenvalue weighted by atomic mass is 9.94. The third kappa shape index (κ3) is 18.6. The number of aliphatic hydroxyl groups excluding tert-OH is 1. The number of nitrogens with one attached hydrogen (secondary N) is 2. The van der Waals surface area contributed by atoms with Crippen LogP contribution in [0.4, 0.5) is 0 Å². The lowest BCUT2D eigenvalue weighted by molar-refractivity contribution is -0.140. The zero-order valence-corrected chi connectivity index (χ0v) is 24.9.